The van der Waals surface area contributed by atoms with Crippen LogP contribution in [0.5, 0.6) is 5.75 Å². The molecule has 1 heterocycles. The monoisotopic (exact) mass is 504 g/mol. The van der Waals surface area contributed by atoms with Gasteiger partial charge in [-0.2, -0.15) is 0 Å². The average molecular weight is 505 g/mol. The zero-order valence-electron chi connectivity index (χ0n) is 20.3. The lowest BCUT2D eigenvalue weighted by atomic mass is 9.70. The Kier molecular flexibility index (Phi) is 6.97. The molecule has 0 bridgehead atoms. The van der Waals surface area contributed by atoms with Gasteiger partial charge in [0.15, 0.2) is 18.2 Å². The smallest absolute Gasteiger partial charge is 0.262 e. The number of Topliss-reactive ketones (excluding diaryl/α,β-unsaturated/α-hetero) is 2. The van der Waals surface area contributed by atoms with E-state index >= 15 is 0 Å². The molecular weight excluding hydrogens is 476 g/mol. The maximum Gasteiger partial charge on any atom is 0.262 e. The van der Waals surface area contributed by atoms with Crippen molar-refractivity contribution >= 4 is 34.8 Å². The number of hydrogen-bond acceptors (Lipinski definition) is 5. The van der Waals surface area contributed by atoms with E-state index in [1.165, 1.54) is 0 Å². The second-order valence-electron chi connectivity index (χ2n) is 9.33. The third-order valence-electron chi connectivity index (χ3n) is 7.12. The maximum absolute atomic E-state index is 13.3. The highest BCUT2D eigenvalue weighted by Gasteiger charge is 2.43. The molecule has 1 amide bonds. The lowest BCUT2D eigenvalue weighted by Crippen LogP contribution is -2.39. The van der Waals surface area contributed by atoms with E-state index in [9.17, 15) is 14.4 Å². The van der Waals surface area contributed by atoms with E-state index in [2.05, 4.69) is 17.1 Å². The highest BCUT2D eigenvalue weighted by atomic mass is 35.5. The lowest BCUT2D eigenvalue weighted by molar-refractivity contribution is -0.119. The first kappa shape index (κ1) is 24.3. The Hall–Kier alpha value is -3.38. The van der Waals surface area contributed by atoms with Gasteiger partial charge in [0.05, 0.1) is 0 Å². The first-order chi connectivity index (χ1) is 17.5. The Morgan fingerprint density at radius 1 is 0.944 bits per heavy atom. The SMILES string of the molecule is CCN1C2=C(C(=O)CCC2)C(c2ccccc2OCC(=O)Nc2ccc(Cl)cc2)C2=C1CCCC2=O. The number of carbonyl (C=O) groups is 3. The number of allylic oxidation sites excluding steroid dienone is 4. The Morgan fingerprint density at radius 3 is 2.17 bits per heavy atom. The number of nitrogens with one attached hydrogen (secondary N) is 1. The summed E-state index contributed by atoms with van der Waals surface area (Å²) in [5.74, 6) is -0.0712. The molecular formula is C29H29ClN2O4. The number of carbonyl (C=O) groups excluding carboxylic acids is 3. The number of nitrogens with zero attached hydrogens (tertiary/aromatic N) is 1. The fourth-order valence-electron chi connectivity index (χ4n) is 5.63. The summed E-state index contributed by atoms with van der Waals surface area (Å²) in [6.45, 7) is 2.60. The number of hydrogen-bond donors (Lipinski definition) is 1. The molecule has 0 fully saturated rings. The number of halogens is 1. The summed E-state index contributed by atoms with van der Waals surface area (Å²) in [4.78, 5) is 41.5. The van der Waals surface area contributed by atoms with Crippen LogP contribution in [0.1, 0.15) is 56.9 Å². The van der Waals surface area contributed by atoms with E-state index in [1.54, 1.807) is 30.3 Å². The molecule has 2 aromatic rings. The van der Waals surface area contributed by atoms with E-state index in [0.29, 0.717) is 29.3 Å². The number of benzene rings is 2. The summed E-state index contributed by atoms with van der Waals surface area (Å²) in [5, 5.41) is 3.39. The van der Waals surface area contributed by atoms with Crippen molar-refractivity contribution in [2.45, 2.75) is 51.4 Å². The van der Waals surface area contributed by atoms with Crippen LogP contribution in [-0.2, 0) is 14.4 Å². The average Bonchev–Trinajstić information content (AvgIpc) is 2.88. The molecule has 0 unspecified atom stereocenters. The number of anilines is 1. The molecule has 2 aromatic carbocycles. The van der Waals surface area contributed by atoms with Gasteiger partial charge in [0.2, 0.25) is 0 Å². The van der Waals surface area contributed by atoms with Crippen LogP contribution >= 0.6 is 11.6 Å². The van der Waals surface area contributed by atoms with Crippen LogP contribution in [0.4, 0.5) is 5.69 Å². The summed E-state index contributed by atoms with van der Waals surface area (Å²) in [5.41, 5.74) is 4.92. The third-order valence-corrected chi connectivity index (χ3v) is 7.37. The standard InChI is InChI=1S/C29H29ClN2O4/c1-2-32-21-8-5-10-23(33)28(21)27(29-22(32)9-6-11-24(29)34)20-7-3-4-12-25(20)36-17-26(35)31-19-15-13-18(30)14-16-19/h3-4,7,12-16,27H,2,5-6,8-11,17H2,1H3,(H,31,35). The Morgan fingerprint density at radius 2 is 1.56 bits per heavy atom. The van der Waals surface area contributed by atoms with Gasteiger partial charge in [0.1, 0.15) is 5.75 Å². The summed E-state index contributed by atoms with van der Waals surface area (Å²) in [7, 11) is 0. The van der Waals surface area contributed by atoms with Crippen molar-refractivity contribution in [3.05, 3.63) is 81.7 Å². The normalized spacial score (nSPS) is 18.2. The molecule has 0 atom stereocenters. The van der Waals surface area contributed by atoms with E-state index in [1.807, 2.05) is 18.2 Å². The van der Waals surface area contributed by atoms with Gasteiger partial charge in [-0.25, -0.2) is 0 Å². The molecule has 5 rings (SSSR count). The second kappa shape index (κ2) is 10.3. The van der Waals surface area contributed by atoms with Crippen LogP contribution in [0.15, 0.2) is 71.1 Å². The summed E-state index contributed by atoms with van der Waals surface area (Å²) < 4.78 is 6.01. The van der Waals surface area contributed by atoms with Crippen molar-refractivity contribution in [2.24, 2.45) is 0 Å². The van der Waals surface area contributed by atoms with Crippen LogP contribution in [-0.4, -0.2) is 35.5 Å². The topological polar surface area (TPSA) is 75.7 Å². The highest BCUT2D eigenvalue weighted by molar-refractivity contribution is 6.30. The molecule has 0 radical (unpaired) electrons. The van der Waals surface area contributed by atoms with Crippen molar-refractivity contribution in [3.8, 4) is 5.75 Å². The molecule has 2 aliphatic carbocycles. The van der Waals surface area contributed by atoms with E-state index in [-0.39, 0.29) is 24.1 Å². The Bertz CT molecular complexity index is 1230. The van der Waals surface area contributed by atoms with Gasteiger partial charge in [-0.3, -0.25) is 14.4 Å². The molecule has 1 N–H and O–H groups in total. The molecule has 186 valence electrons. The minimum Gasteiger partial charge on any atom is -0.483 e. The largest absolute Gasteiger partial charge is 0.483 e. The number of ether oxygens (including phenoxy) is 1. The van der Waals surface area contributed by atoms with E-state index in [4.69, 9.17) is 16.3 Å². The lowest BCUT2D eigenvalue weighted by Gasteiger charge is -2.43. The second-order valence-corrected chi connectivity index (χ2v) is 9.77. The first-order valence-electron chi connectivity index (χ1n) is 12.5. The number of para-hydroxylation sites is 1. The third kappa shape index (κ3) is 4.58. The first-order valence-corrected chi connectivity index (χ1v) is 12.9. The van der Waals surface area contributed by atoms with Crippen LogP contribution in [0.2, 0.25) is 5.02 Å². The molecule has 7 heteroatoms. The highest BCUT2D eigenvalue weighted by Crippen LogP contribution is 2.50. The fraction of sp³-hybridized carbons (Fsp3) is 0.345. The number of ketones is 2. The van der Waals surface area contributed by atoms with Gasteiger partial charge >= 0.3 is 0 Å². The zero-order chi connectivity index (χ0) is 25.2. The van der Waals surface area contributed by atoms with Gasteiger partial charge in [-0.1, -0.05) is 29.8 Å². The van der Waals surface area contributed by atoms with Crippen molar-refractivity contribution in [1.29, 1.82) is 0 Å². The van der Waals surface area contributed by atoms with Gasteiger partial charge in [-0.05, 0) is 62.9 Å². The van der Waals surface area contributed by atoms with Gasteiger partial charge in [-0.15, -0.1) is 0 Å². The zero-order valence-corrected chi connectivity index (χ0v) is 21.1. The predicted octanol–water partition coefficient (Wildman–Crippen LogP) is 5.79. The van der Waals surface area contributed by atoms with Crippen LogP contribution in [0, 0.1) is 0 Å². The predicted molar refractivity (Wildman–Crippen MR) is 139 cm³/mol. The van der Waals surface area contributed by atoms with E-state index in [0.717, 1.165) is 60.3 Å². The minimum absolute atomic E-state index is 0.0971. The quantitative estimate of drug-likeness (QED) is 0.538. The molecule has 36 heavy (non-hydrogen) atoms. The molecule has 1 aliphatic heterocycles. The van der Waals surface area contributed by atoms with Crippen molar-refractivity contribution in [3.63, 3.8) is 0 Å². The summed E-state index contributed by atoms with van der Waals surface area (Å²) in [6, 6.07) is 14.3. The maximum atomic E-state index is 13.3. The summed E-state index contributed by atoms with van der Waals surface area (Å²) >= 11 is 5.92. The summed E-state index contributed by atoms with van der Waals surface area (Å²) in [6.07, 6.45) is 4.25. The van der Waals surface area contributed by atoms with Gasteiger partial charge in [0, 0.05) is 64.1 Å². The van der Waals surface area contributed by atoms with Gasteiger partial charge in [0.25, 0.3) is 5.91 Å². The molecule has 0 aromatic heterocycles. The molecule has 0 saturated heterocycles. The fourth-order valence-corrected chi connectivity index (χ4v) is 5.76. The molecule has 0 saturated carbocycles. The molecule has 6 nitrogen and oxygen atoms in total. The van der Waals surface area contributed by atoms with Crippen LogP contribution in [0.3, 0.4) is 0 Å². The number of amides is 1. The van der Waals surface area contributed by atoms with Gasteiger partial charge < -0.3 is 15.0 Å². The number of rotatable bonds is 6. The molecule has 3 aliphatic rings. The van der Waals surface area contributed by atoms with Crippen molar-refractivity contribution < 1.29 is 19.1 Å². The molecule has 0 spiro atoms. The Balaban J connectivity index is 1.49. The van der Waals surface area contributed by atoms with E-state index < -0.39 is 5.92 Å². The minimum atomic E-state index is -0.464. The van der Waals surface area contributed by atoms with Crippen LogP contribution < -0.4 is 10.1 Å². The van der Waals surface area contributed by atoms with Crippen molar-refractivity contribution in [2.75, 3.05) is 18.5 Å². The Labute approximate surface area is 216 Å². The van der Waals surface area contributed by atoms with Crippen LogP contribution in [0.25, 0.3) is 0 Å². The van der Waals surface area contributed by atoms with Crippen molar-refractivity contribution in [1.82, 2.24) is 4.90 Å².